The van der Waals surface area contributed by atoms with Crippen LogP contribution in [0.3, 0.4) is 0 Å². The van der Waals surface area contributed by atoms with Crippen molar-refractivity contribution in [3.63, 3.8) is 0 Å². The number of amides is 1. The molecule has 25 heavy (non-hydrogen) atoms. The van der Waals surface area contributed by atoms with Gasteiger partial charge in [0.15, 0.2) is 0 Å². The van der Waals surface area contributed by atoms with Crippen LogP contribution < -0.4 is 5.73 Å². The predicted octanol–water partition coefficient (Wildman–Crippen LogP) is 4.18. The fourth-order valence-corrected chi connectivity index (χ4v) is 3.68. The summed E-state index contributed by atoms with van der Waals surface area (Å²) in [5.74, 6) is -0.182. The van der Waals surface area contributed by atoms with Gasteiger partial charge in [-0.1, -0.05) is 77.6 Å². The number of nitrogens with two attached hydrogens (primary N) is 1. The Morgan fingerprint density at radius 3 is 1.52 bits per heavy atom. The average molecular weight is 354 g/mol. The summed E-state index contributed by atoms with van der Waals surface area (Å²) in [4.78, 5) is 15.8. The topological polar surface area (TPSA) is 49.6 Å². The van der Waals surface area contributed by atoms with Gasteiger partial charge in [-0.15, -0.1) is 0 Å². The molecule has 148 valence electrons. The molecule has 1 saturated heterocycles. The van der Waals surface area contributed by atoms with Crippen molar-refractivity contribution in [2.45, 2.75) is 90.4 Å². The molecule has 0 aromatic heterocycles. The Hall–Kier alpha value is -0.610. The van der Waals surface area contributed by atoms with Crippen LogP contribution in [0.15, 0.2) is 0 Å². The van der Waals surface area contributed by atoms with E-state index < -0.39 is 0 Å². The number of nitrogens with zero attached hydrogens (tertiary/aromatic N) is 2. The van der Waals surface area contributed by atoms with Crippen molar-refractivity contribution in [1.82, 2.24) is 9.80 Å². The lowest BCUT2D eigenvalue weighted by Gasteiger charge is -2.34. The molecule has 1 aliphatic rings. The van der Waals surface area contributed by atoms with Gasteiger partial charge in [0.05, 0.1) is 0 Å². The Labute approximate surface area is 156 Å². The van der Waals surface area contributed by atoms with Crippen LogP contribution in [0.4, 0.5) is 0 Å². The molecule has 0 bridgehead atoms. The molecule has 1 aliphatic heterocycles. The van der Waals surface area contributed by atoms with Crippen molar-refractivity contribution in [2.24, 2.45) is 5.73 Å². The first-order valence-corrected chi connectivity index (χ1v) is 11.0. The van der Waals surface area contributed by atoms with Gasteiger partial charge < -0.3 is 15.5 Å². The Balaban J connectivity index is 1.81. The number of hydrogen-bond acceptors (Lipinski definition) is 3. The molecular formula is C21H43N3O. The maximum Gasteiger partial charge on any atom is 0.218 e. The van der Waals surface area contributed by atoms with E-state index in [9.17, 15) is 4.79 Å². The molecular weight excluding hydrogens is 310 g/mol. The van der Waals surface area contributed by atoms with Crippen molar-refractivity contribution >= 4 is 5.91 Å². The van der Waals surface area contributed by atoms with Gasteiger partial charge in [0.1, 0.15) is 0 Å². The summed E-state index contributed by atoms with van der Waals surface area (Å²) in [6.07, 6.45) is 17.5. The number of rotatable bonds is 16. The number of carbonyl (C=O) groups excluding carboxylic acids is 1. The second kappa shape index (κ2) is 15.6. The van der Waals surface area contributed by atoms with E-state index in [2.05, 4.69) is 16.7 Å². The van der Waals surface area contributed by atoms with Crippen molar-refractivity contribution < 1.29 is 4.79 Å². The van der Waals surface area contributed by atoms with E-state index in [0.717, 1.165) is 32.7 Å². The molecule has 1 amide bonds. The number of hydrogen-bond donors (Lipinski definition) is 1. The van der Waals surface area contributed by atoms with Gasteiger partial charge in [0, 0.05) is 39.1 Å². The molecule has 0 aromatic carbocycles. The molecule has 1 rings (SSSR count). The molecule has 0 atom stereocenters. The summed E-state index contributed by atoms with van der Waals surface area (Å²) in [6.45, 7) is 8.85. The maximum atomic E-state index is 10.8. The third kappa shape index (κ3) is 13.3. The normalized spacial score (nSPS) is 16.4. The highest BCUT2D eigenvalue weighted by Crippen LogP contribution is 2.12. The van der Waals surface area contributed by atoms with Gasteiger partial charge in [0.2, 0.25) is 5.91 Å². The summed E-state index contributed by atoms with van der Waals surface area (Å²) in [5, 5.41) is 0. The lowest BCUT2D eigenvalue weighted by molar-refractivity contribution is -0.118. The lowest BCUT2D eigenvalue weighted by Crippen LogP contribution is -2.47. The van der Waals surface area contributed by atoms with E-state index in [1.54, 1.807) is 0 Å². The van der Waals surface area contributed by atoms with E-state index in [-0.39, 0.29) is 5.91 Å². The molecule has 1 heterocycles. The first-order chi connectivity index (χ1) is 12.2. The SMILES string of the molecule is CCCCCCCCCCCCCCN1CCN(CCC(N)=O)CC1. The van der Waals surface area contributed by atoms with Gasteiger partial charge >= 0.3 is 0 Å². The van der Waals surface area contributed by atoms with E-state index >= 15 is 0 Å². The third-order valence-electron chi connectivity index (χ3n) is 5.47. The summed E-state index contributed by atoms with van der Waals surface area (Å²) < 4.78 is 0. The number of piperazine rings is 1. The first kappa shape index (κ1) is 22.4. The zero-order valence-electron chi connectivity index (χ0n) is 16.8. The van der Waals surface area contributed by atoms with Gasteiger partial charge in [-0.05, 0) is 13.0 Å². The monoisotopic (exact) mass is 353 g/mol. The summed E-state index contributed by atoms with van der Waals surface area (Å²) in [6, 6.07) is 0. The van der Waals surface area contributed by atoms with Gasteiger partial charge in [-0.3, -0.25) is 4.79 Å². The lowest BCUT2D eigenvalue weighted by atomic mass is 10.1. The molecule has 1 fully saturated rings. The van der Waals surface area contributed by atoms with Crippen molar-refractivity contribution in [3.8, 4) is 0 Å². The molecule has 0 spiro atoms. The van der Waals surface area contributed by atoms with E-state index in [1.165, 1.54) is 83.6 Å². The van der Waals surface area contributed by atoms with Crippen LogP contribution >= 0.6 is 0 Å². The minimum atomic E-state index is -0.182. The molecule has 0 aliphatic carbocycles. The molecule has 4 heteroatoms. The molecule has 0 unspecified atom stereocenters. The van der Waals surface area contributed by atoms with E-state index in [0.29, 0.717) is 6.42 Å². The molecule has 2 N–H and O–H groups in total. The highest BCUT2D eigenvalue weighted by molar-refractivity contribution is 5.73. The van der Waals surface area contributed by atoms with Crippen molar-refractivity contribution in [2.75, 3.05) is 39.3 Å². The zero-order chi connectivity index (χ0) is 18.2. The Bertz CT molecular complexity index is 314. The van der Waals surface area contributed by atoms with Gasteiger partial charge in [-0.2, -0.15) is 0 Å². The van der Waals surface area contributed by atoms with Crippen LogP contribution in [0, 0.1) is 0 Å². The summed E-state index contributed by atoms with van der Waals surface area (Å²) in [5.41, 5.74) is 5.22. The fourth-order valence-electron chi connectivity index (χ4n) is 3.68. The van der Waals surface area contributed by atoms with Crippen molar-refractivity contribution in [1.29, 1.82) is 0 Å². The number of primary amides is 1. The Morgan fingerprint density at radius 2 is 1.08 bits per heavy atom. The highest BCUT2D eigenvalue weighted by Gasteiger charge is 2.16. The van der Waals surface area contributed by atoms with Crippen LogP contribution in [0.25, 0.3) is 0 Å². The summed E-state index contributed by atoms with van der Waals surface area (Å²) >= 11 is 0. The largest absolute Gasteiger partial charge is 0.370 e. The van der Waals surface area contributed by atoms with Crippen LogP contribution in [0.5, 0.6) is 0 Å². The molecule has 0 saturated carbocycles. The van der Waals surface area contributed by atoms with Gasteiger partial charge in [0.25, 0.3) is 0 Å². The zero-order valence-corrected chi connectivity index (χ0v) is 16.8. The van der Waals surface area contributed by atoms with Crippen LogP contribution in [-0.2, 0) is 4.79 Å². The second-order valence-electron chi connectivity index (χ2n) is 7.79. The minimum Gasteiger partial charge on any atom is -0.370 e. The standard InChI is InChI=1S/C21H43N3O/c1-2-3-4-5-6-7-8-9-10-11-12-13-15-23-17-19-24(20-18-23)16-14-21(22)25/h2-20H2,1H3,(H2,22,25). The minimum absolute atomic E-state index is 0.182. The maximum absolute atomic E-state index is 10.8. The number of carbonyl (C=O) groups is 1. The Kier molecular flexibility index (Phi) is 14.0. The van der Waals surface area contributed by atoms with Crippen LogP contribution in [0.2, 0.25) is 0 Å². The third-order valence-corrected chi connectivity index (χ3v) is 5.47. The van der Waals surface area contributed by atoms with Crippen molar-refractivity contribution in [3.05, 3.63) is 0 Å². The Morgan fingerprint density at radius 1 is 0.680 bits per heavy atom. The van der Waals surface area contributed by atoms with Crippen LogP contribution in [0.1, 0.15) is 90.4 Å². The smallest absolute Gasteiger partial charge is 0.218 e. The van der Waals surface area contributed by atoms with Gasteiger partial charge in [-0.25, -0.2) is 0 Å². The predicted molar refractivity (Wildman–Crippen MR) is 108 cm³/mol. The first-order valence-electron chi connectivity index (χ1n) is 11.0. The number of unbranched alkanes of at least 4 members (excludes halogenated alkanes) is 11. The highest BCUT2D eigenvalue weighted by atomic mass is 16.1. The molecule has 0 aromatic rings. The average Bonchev–Trinajstić information content (AvgIpc) is 2.62. The van der Waals surface area contributed by atoms with Crippen LogP contribution in [-0.4, -0.2) is 55.0 Å². The quantitative estimate of drug-likeness (QED) is 0.423. The van der Waals surface area contributed by atoms with E-state index in [1.807, 2.05) is 0 Å². The summed E-state index contributed by atoms with van der Waals surface area (Å²) in [7, 11) is 0. The van der Waals surface area contributed by atoms with E-state index in [4.69, 9.17) is 5.73 Å². The second-order valence-corrected chi connectivity index (χ2v) is 7.79. The fraction of sp³-hybridized carbons (Fsp3) is 0.952. The molecule has 4 nitrogen and oxygen atoms in total. The molecule has 0 radical (unpaired) electrons.